The molecule has 2 saturated heterocycles. The van der Waals surface area contributed by atoms with Gasteiger partial charge in [0.2, 0.25) is 10.0 Å². The average Bonchev–Trinajstić information content (AvgIpc) is 2.80. The predicted molar refractivity (Wildman–Crippen MR) is 69.4 cm³/mol. The van der Waals surface area contributed by atoms with Gasteiger partial charge >= 0.3 is 0 Å². The van der Waals surface area contributed by atoms with E-state index < -0.39 is 10.0 Å². The molecule has 5 nitrogen and oxygen atoms in total. The van der Waals surface area contributed by atoms with Crippen LogP contribution in [0.15, 0.2) is 0 Å². The van der Waals surface area contributed by atoms with Crippen molar-refractivity contribution in [1.29, 1.82) is 0 Å². The summed E-state index contributed by atoms with van der Waals surface area (Å²) in [6.07, 6.45) is 1.31. The number of sulfonamides is 1. The maximum atomic E-state index is 12.3. The summed E-state index contributed by atoms with van der Waals surface area (Å²) < 4.78 is 37.0. The topological polar surface area (TPSA) is 55.8 Å². The largest absolute Gasteiger partial charge is 0.377 e. The van der Waals surface area contributed by atoms with Crippen molar-refractivity contribution < 1.29 is 17.9 Å². The lowest BCUT2D eigenvalue weighted by Crippen LogP contribution is -2.51. The molecule has 0 aromatic rings. The van der Waals surface area contributed by atoms with Crippen LogP contribution in [0, 0.1) is 0 Å². The van der Waals surface area contributed by atoms with Crippen molar-refractivity contribution in [1.82, 2.24) is 4.31 Å². The number of ether oxygens (including phenoxy) is 2. The Morgan fingerprint density at radius 1 is 1.33 bits per heavy atom. The van der Waals surface area contributed by atoms with Crippen molar-refractivity contribution in [3.05, 3.63) is 0 Å². The SMILES string of the molecule is CC1CN(S(=O)(=O)CC2CCCO2)CC(CCl)O1. The van der Waals surface area contributed by atoms with Gasteiger partial charge in [-0.2, -0.15) is 4.31 Å². The van der Waals surface area contributed by atoms with Crippen LogP contribution in [0.2, 0.25) is 0 Å². The van der Waals surface area contributed by atoms with Crippen LogP contribution >= 0.6 is 11.6 Å². The Kier molecular flexibility index (Phi) is 4.88. The molecule has 2 rings (SSSR count). The number of halogens is 1. The molecule has 0 aromatic heterocycles. The molecule has 2 fully saturated rings. The molecular weight excluding hydrogens is 278 g/mol. The van der Waals surface area contributed by atoms with E-state index in [9.17, 15) is 8.42 Å². The highest BCUT2D eigenvalue weighted by Gasteiger charge is 2.34. The van der Waals surface area contributed by atoms with E-state index in [-0.39, 0.29) is 24.1 Å². The second kappa shape index (κ2) is 6.05. The number of morpholine rings is 1. The number of hydrogen-bond acceptors (Lipinski definition) is 4. The standard InChI is InChI=1S/C11H20ClNO4S/c1-9-6-13(7-11(5-12)17-9)18(14,15)8-10-3-2-4-16-10/h9-11H,2-8H2,1H3. The molecule has 0 N–H and O–H groups in total. The molecule has 0 amide bonds. The number of nitrogens with zero attached hydrogens (tertiary/aromatic N) is 1. The number of rotatable bonds is 4. The van der Waals surface area contributed by atoms with E-state index in [1.54, 1.807) is 0 Å². The van der Waals surface area contributed by atoms with E-state index in [2.05, 4.69) is 0 Å². The molecule has 3 atom stereocenters. The quantitative estimate of drug-likeness (QED) is 0.721. The van der Waals surface area contributed by atoms with Gasteiger partial charge in [-0.3, -0.25) is 0 Å². The van der Waals surface area contributed by atoms with Gasteiger partial charge in [-0.05, 0) is 19.8 Å². The molecule has 18 heavy (non-hydrogen) atoms. The first-order chi connectivity index (χ1) is 8.51. The second-order valence-electron chi connectivity index (χ2n) is 4.95. The molecule has 106 valence electrons. The minimum Gasteiger partial charge on any atom is -0.377 e. The van der Waals surface area contributed by atoms with Crippen LogP contribution in [-0.2, 0) is 19.5 Å². The fourth-order valence-corrected chi connectivity index (χ4v) is 4.38. The molecule has 0 bridgehead atoms. The van der Waals surface area contributed by atoms with Gasteiger partial charge in [-0.1, -0.05) is 0 Å². The molecule has 2 aliphatic heterocycles. The number of hydrogen-bond donors (Lipinski definition) is 0. The summed E-state index contributed by atoms with van der Waals surface area (Å²) in [7, 11) is -3.27. The molecule has 0 saturated carbocycles. The fourth-order valence-electron chi connectivity index (χ4n) is 2.43. The highest BCUT2D eigenvalue weighted by molar-refractivity contribution is 7.89. The zero-order valence-corrected chi connectivity index (χ0v) is 12.1. The lowest BCUT2D eigenvalue weighted by Gasteiger charge is -2.35. The van der Waals surface area contributed by atoms with E-state index in [1.165, 1.54) is 4.31 Å². The predicted octanol–water partition coefficient (Wildman–Crippen LogP) is 0.823. The first kappa shape index (κ1) is 14.5. The van der Waals surface area contributed by atoms with E-state index >= 15 is 0 Å². The van der Waals surface area contributed by atoms with Crippen LogP contribution in [-0.4, -0.2) is 62.4 Å². The minimum atomic E-state index is -3.27. The average molecular weight is 298 g/mol. The maximum Gasteiger partial charge on any atom is 0.216 e. The van der Waals surface area contributed by atoms with Gasteiger partial charge < -0.3 is 9.47 Å². The zero-order valence-electron chi connectivity index (χ0n) is 10.5. The highest BCUT2D eigenvalue weighted by Crippen LogP contribution is 2.20. The molecule has 3 unspecified atom stereocenters. The smallest absolute Gasteiger partial charge is 0.216 e. The summed E-state index contributed by atoms with van der Waals surface area (Å²) in [4.78, 5) is 0. The summed E-state index contributed by atoms with van der Waals surface area (Å²) in [6, 6.07) is 0. The third-order valence-corrected chi connectivity index (χ3v) is 5.50. The van der Waals surface area contributed by atoms with Crippen molar-refractivity contribution in [2.45, 2.75) is 38.1 Å². The Hall–Kier alpha value is 0.120. The Balaban J connectivity index is 1.99. The Labute approximate surface area is 113 Å². The van der Waals surface area contributed by atoms with E-state index in [4.69, 9.17) is 21.1 Å². The van der Waals surface area contributed by atoms with Gasteiger partial charge in [-0.15, -0.1) is 11.6 Å². The van der Waals surface area contributed by atoms with Crippen molar-refractivity contribution in [3.8, 4) is 0 Å². The van der Waals surface area contributed by atoms with E-state index in [0.717, 1.165) is 12.8 Å². The minimum absolute atomic E-state index is 0.0781. The Morgan fingerprint density at radius 3 is 2.72 bits per heavy atom. The third-order valence-electron chi connectivity index (χ3n) is 3.28. The van der Waals surface area contributed by atoms with Gasteiger partial charge in [0.15, 0.2) is 0 Å². The van der Waals surface area contributed by atoms with Crippen LogP contribution in [0.5, 0.6) is 0 Å². The van der Waals surface area contributed by atoms with Gasteiger partial charge in [0.1, 0.15) is 0 Å². The maximum absolute atomic E-state index is 12.3. The Morgan fingerprint density at radius 2 is 2.11 bits per heavy atom. The van der Waals surface area contributed by atoms with Crippen molar-refractivity contribution in [2.24, 2.45) is 0 Å². The van der Waals surface area contributed by atoms with E-state index in [1.807, 2.05) is 6.92 Å². The molecular formula is C11H20ClNO4S. The van der Waals surface area contributed by atoms with E-state index in [0.29, 0.717) is 25.6 Å². The summed E-state index contributed by atoms with van der Waals surface area (Å²) in [5, 5.41) is 0. The van der Waals surface area contributed by atoms with Crippen LogP contribution in [0.25, 0.3) is 0 Å². The first-order valence-corrected chi connectivity index (χ1v) is 8.46. The third kappa shape index (κ3) is 3.57. The van der Waals surface area contributed by atoms with Crippen LogP contribution < -0.4 is 0 Å². The molecule has 2 aliphatic rings. The number of alkyl halides is 1. The molecule has 0 radical (unpaired) electrons. The molecule has 7 heteroatoms. The van der Waals surface area contributed by atoms with Crippen LogP contribution in [0.1, 0.15) is 19.8 Å². The lowest BCUT2D eigenvalue weighted by molar-refractivity contribution is -0.0425. The van der Waals surface area contributed by atoms with Crippen molar-refractivity contribution in [3.63, 3.8) is 0 Å². The first-order valence-electron chi connectivity index (χ1n) is 6.32. The van der Waals surface area contributed by atoms with Gasteiger partial charge in [-0.25, -0.2) is 8.42 Å². The molecule has 0 aromatic carbocycles. The van der Waals surface area contributed by atoms with Crippen molar-refractivity contribution in [2.75, 3.05) is 31.3 Å². The molecule has 2 heterocycles. The van der Waals surface area contributed by atoms with Gasteiger partial charge in [0.05, 0.1) is 24.1 Å². The highest BCUT2D eigenvalue weighted by atomic mass is 35.5. The molecule has 0 spiro atoms. The summed E-state index contributed by atoms with van der Waals surface area (Å²) in [5.41, 5.74) is 0. The lowest BCUT2D eigenvalue weighted by atomic mass is 10.3. The monoisotopic (exact) mass is 297 g/mol. The van der Waals surface area contributed by atoms with Crippen LogP contribution in [0.3, 0.4) is 0 Å². The fraction of sp³-hybridized carbons (Fsp3) is 1.00. The van der Waals surface area contributed by atoms with Gasteiger partial charge in [0.25, 0.3) is 0 Å². The Bertz CT molecular complexity index is 369. The second-order valence-corrected chi connectivity index (χ2v) is 7.28. The van der Waals surface area contributed by atoms with Crippen LogP contribution in [0.4, 0.5) is 0 Å². The summed E-state index contributed by atoms with van der Waals surface area (Å²) in [5.74, 6) is 0.394. The summed E-state index contributed by atoms with van der Waals surface area (Å²) >= 11 is 5.76. The normalized spacial score (nSPS) is 34.9. The zero-order chi connectivity index (χ0) is 13.2. The van der Waals surface area contributed by atoms with Gasteiger partial charge in [0, 0.05) is 25.6 Å². The van der Waals surface area contributed by atoms with Crippen molar-refractivity contribution >= 4 is 21.6 Å². The molecule has 0 aliphatic carbocycles. The summed E-state index contributed by atoms with van der Waals surface area (Å²) in [6.45, 7) is 3.29.